The van der Waals surface area contributed by atoms with Crippen LogP contribution in [0.1, 0.15) is 19.3 Å². The lowest BCUT2D eigenvalue weighted by molar-refractivity contribution is 0.194. The molecule has 1 saturated heterocycles. The van der Waals surface area contributed by atoms with Crippen molar-refractivity contribution in [3.05, 3.63) is 42.2 Å². The Morgan fingerprint density at radius 1 is 1.14 bits per heavy atom. The van der Waals surface area contributed by atoms with Gasteiger partial charge in [-0.1, -0.05) is 6.42 Å². The van der Waals surface area contributed by atoms with E-state index in [1.165, 1.54) is 37.9 Å². The molecule has 2 aromatic rings. The van der Waals surface area contributed by atoms with Crippen molar-refractivity contribution in [1.82, 2.24) is 15.1 Å². The molecule has 0 spiro atoms. The van der Waals surface area contributed by atoms with E-state index in [2.05, 4.69) is 27.5 Å². The minimum atomic E-state index is -0.244. The summed E-state index contributed by atoms with van der Waals surface area (Å²) in [4.78, 5) is 2.40. The number of hydrogen-bond donors (Lipinski definition) is 1. The molecule has 1 aromatic carbocycles. The SMILES string of the molecule is CN1CCCCC1CNc1ccc(-c2ccc(F)cc2)nn1. The molecule has 22 heavy (non-hydrogen) atoms. The molecule has 1 aliphatic heterocycles. The quantitative estimate of drug-likeness (QED) is 0.941. The molecule has 4 nitrogen and oxygen atoms in total. The number of nitrogens with one attached hydrogen (secondary N) is 1. The molecule has 0 aliphatic carbocycles. The van der Waals surface area contributed by atoms with Crippen LogP contribution in [0.2, 0.25) is 0 Å². The molecule has 1 N–H and O–H groups in total. The molecular weight excluding hydrogens is 279 g/mol. The fourth-order valence-electron chi connectivity index (χ4n) is 2.83. The van der Waals surface area contributed by atoms with E-state index < -0.39 is 0 Å². The lowest BCUT2D eigenvalue weighted by Crippen LogP contribution is -2.40. The number of piperidine rings is 1. The summed E-state index contributed by atoms with van der Waals surface area (Å²) >= 11 is 0. The molecule has 3 rings (SSSR count). The molecule has 1 unspecified atom stereocenters. The number of likely N-dealkylation sites (N-methyl/N-ethyl adjacent to an activating group) is 1. The summed E-state index contributed by atoms with van der Waals surface area (Å²) in [6.45, 7) is 2.06. The van der Waals surface area contributed by atoms with E-state index in [9.17, 15) is 4.39 Å². The van der Waals surface area contributed by atoms with E-state index in [-0.39, 0.29) is 5.82 Å². The van der Waals surface area contributed by atoms with Crippen LogP contribution in [0.5, 0.6) is 0 Å². The molecule has 1 aliphatic rings. The first kappa shape index (κ1) is 14.9. The summed E-state index contributed by atoms with van der Waals surface area (Å²) in [5.41, 5.74) is 1.62. The average molecular weight is 300 g/mol. The number of hydrogen-bond acceptors (Lipinski definition) is 4. The monoisotopic (exact) mass is 300 g/mol. The van der Waals surface area contributed by atoms with Crippen molar-refractivity contribution in [1.29, 1.82) is 0 Å². The number of aromatic nitrogens is 2. The predicted octanol–water partition coefficient (Wildman–Crippen LogP) is 3.18. The molecule has 1 atom stereocenters. The smallest absolute Gasteiger partial charge is 0.148 e. The van der Waals surface area contributed by atoms with Gasteiger partial charge in [-0.2, -0.15) is 0 Å². The van der Waals surface area contributed by atoms with Crippen molar-refractivity contribution in [2.24, 2.45) is 0 Å². The summed E-state index contributed by atoms with van der Waals surface area (Å²) < 4.78 is 12.9. The van der Waals surface area contributed by atoms with E-state index in [0.717, 1.165) is 23.6 Å². The fourth-order valence-corrected chi connectivity index (χ4v) is 2.83. The molecule has 5 heteroatoms. The molecule has 1 fully saturated rings. The summed E-state index contributed by atoms with van der Waals surface area (Å²) in [5, 5.41) is 11.8. The van der Waals surface area contributed by atoms with E-state index in [1.54, 1.807) is 12.1 Å². The highest BCUT2D eigenvalue weighted by atomic mass is 19.1. The highest BCUT2D eigenvalue weighted by Gasteiger charge is 2.18. The van der Waals surface area contributed by atoms with Crippen molar-refractivity contribution >= 4 is 5.82 Å². The Labute approximate surface area is 130 Å². The summed E-state index contributed by atoms with van der Waals surface area (Å²) in [6, 6.07) is 10.7. The second-order valence-corrected chi connectivity index (χ2v) is 5.82. The van der Waals surface area contributed by atoms with Crippen molar-refractivity contribution in [3.63, 3.8) is 0 Å². The van der Waals surface area contributed by atoms with Gasteiger partial charge in [0.1, 0.15) is 11.6 Å². The Hall–Kier alpha value is -2.01. The molecule has 2 heterocycles. The number of likely N-dealkylation sites (tertiary alicyclic amines) is 1. The number of rotatable bonds is 4. The zero-order chi connectivity index (χ0) is 15.4. The van der Waals surface area contributed by atoms with Crippen LogP contribution in [-0.4, -0.2) is 41.3 Å². The third-order valence-electron chi connectivity index (χ3n) is 4.24. The lowest BCUT2D eigenvalue weighted by Gasteiger charge is -2.32. The topological polar surface area (TPSA) is 41.0 Å². The van der Waals surface area contributed by atoms with Crippen LogP contribution in [0.4, 0.5) is 10.2 Å². The Bertz CT molecular complexity index is 597. The van der Waals surface area contributed by atoms with Gasteiger partial charge in [0.15, 0.2) is 0 Å². The van der Waals surface area contributed by atoms with Gasteiger partial charge in [0.25, 0.3) is 0 Å². The maximum atomic E-state index is 12.9. The molecule has 0 amide bonds. The van der Waals surface area contributed by atoms with E-state index in [1.807, 2.05) is 12.1 Å². The lowest BCUT2D eigenvalue weighted by atomic mass is 10.0. The van der Waals surface area contributed by atoms with E-state index >= 15 is 0 Å². The third kappa shape index (κ3) is 3.60. The maximum Gasteiger partial charge on any atom is 0.148 e. The van der Waals surface area contributed by atoms with Gasteiger partial charge in [0.05, 0.1) is 5.69 Å². The van der Waals surface area contributed by atoms with Gasteiger partial charge >= 0.3 is 0 Å². The van der Waals surface area contributed by atoms with Gasteiger partial charge in [-0.3, -0.25) is 0 Å². The van der Waals surface area contributed by atoms with E-state index in [0.29, 0.717) is 6.04 Å². The second-order valence-electron chi connectivity index (χ2n) is 5.82. The standard InChI is InChI=1S/C17H21FN4/c1-22-11-3-2-4-15(22)12-19-17-10-9-16(20-21-17)13-5-7-14(18)8-6-13/h5-10,15H,2-4,11-12H2,1H3,(H,19,21). The highest BCUT2D eigenvalue weighted by Crippen LogP contribution is 2.18. The minimum Gasteiger partial charge on any atom is -0.367 e. The number of anilines is 1. The van der Waals surface area contributed by atoms with Crippen LogP contribution >= 0.6 is 0 Å². The number of nitrogens with zero attached hydrogens (tertiary/aromatic N) is 3. The van der Waals surface area contributed by atoms with Crippen LogP contribution in [0.15, 0.2) is 36.4 Å². The molecule has 0 saturated carbocycles. The van der Waals surface area contributed by atoms with Crippen LogP contribution in [0, 0.1) is 5.82 Å². The summed E-state index contributed by atoms with van der Waals surface area (Å²) in [6.07, 6.45) is 3.82. The third-order valence-corrected chi connectivity index (χ3v) is 4.24. The van der Waals surface area contributed by atoms with Gasteiger partial charge in [0.2, 0.25) is 0 Å². The van der Waals surface area contributed by atoms with Crippen molar-refractivity contribution < 1.29 is 4.39 Å². The highest BCUT2D eigenvalue weighted by molar-refractivity contribution is 5.59. The van der Waals surface area contributed by atoms with Gasteiger partial charge in [-0.15, -0.1) is 10.2 Å². The van der Waals surface area contributed by atoms with Crippen LogP contribution < -0.4 is 5.32 Å². The predicted molar refractivity (Wildman–Crippen MR) is 86.2 cm³/mol. The molecular formula is C17H21FN4. The molecule has 1 aromatic heterocycles. The first-order valence-corrected chi connectivity index (χ1v) is 7.76. The van der Waals surface area contributed by atoms with Gasteiger partial charge in [0, 0.05) is 18.2 Å². The Kier molecular flexibility index (Phi) is 4.63. The zero-order valence-corrected chi connectivity index (χ0v) is 12.8. The van der Waals surface area contributed by atoms with Crippen LogP contribution in [0.25, 0.3) is 11.3 Å². The van der Waals surface area contributed by atoms with E-state index in [4.69, 9.17) is 0 Å². The van der Waals surface area contributed by atoms with Crippen LogP contribution in [-0.2, 0) is 0 Å². The number of benzene rings is 1. The molecule has 0 bridgehead atoms. The van der Waals surface area contributed by atoms with Crippen molar-refractivity contribution in [2.75, 3.05) is 25.5 Å². The first-order valence-electron chi connectivity index (χ1n) is 7.76. The van der Waals surface area contributed by atoms with Gasteiger partial charge < -0.3 is 10.2 Å². The van der Waals surface area contributed by atoms with Crippen LogP contribution in [0.3, 0.4) is 0 Å². The Balaban J connectivity index is 1.60. The van der Waals surface area contributed by atoms with Gasteiger partial charge in [-0.05, 0) is 62.8 Å². The second kappa shape index (κ2) is 6.83. The van der Waals surface area contributed by atoms with Gasteiger partial charge in [-0.25, -0.2) is 4.39 Å². The normalized spacial score (nSPS) is 19.1. The summed E-state index contributed by atoms with van der Waals surface area (Å²) in [5.74, 6) is 0.538. The Morgan fingerprint density at radius 2 is 1.95 bits per heavy atom. The Morgan fingerprint density at radius 3 is 2.64 bits per heavy atom. The minimum absolute atomic E-state index is 0.244. The molecule has 0 radical (unpaired) electrons. The van der Waals surface area contributed by atoms with Crippen molar-refractivity contribution in [2.45, 2.75) is 25.3 Å². The largest absolute Gasteiger partial charge is 0.367 e. The zero-order valence-electron chi connectivity index (χ0n) is 12.8. The fraction of sp³-hybridized carbons (Fsp3) is 0.412. The average Bonchev–Trinajstić information content (AvgIpc) is 2.55. The first-order chi connectivity index (χ1) is 10.7. The molecule has 116 valence electrons. The number of halogens is 1. The van der Waals surface area contributed by atoms with Crippen molar-refractivity contribution in [3.8, 4) is 11.3 Å². The summed E-state index contributed by atoms with van der Waals surface area (Å²) in [7, 11) is 2.18. The maximum absolute atomic E-state index is 12.9.